The number of carbonyl (C=O) groups excluding carboxylic acids is 2. The lowest BCUT2D eigenvalue weighted by molar-refractivity contribution is -0.113. The summed E-state index contributed by atoms with van der Waals surface area (Å²) in [7, 11) is 0. The lowest BCUT2D eigenvalue weighted by atomic mass is 10.2. The Morgan fingerprint density at radius 1 is 1.03 bits per heavy atom. The van der Waals surface area contributed by atoms with Crippen LogP contribution in [0.25, 0.3) is 5.69 Å². The predicted molar refractivity (Wildman–Crippen MR) is 137 cm³/mol. The summed E-state index contributed by atoms with van der Waals surface area (Å²) in [5.74, 6) is -0.468. The molecule has 11 heteroatoms. The second-order valence-corrected chi connectivity index (χ2v) is 9.49. The van der Waals surface area contributed by atoms with E-state index in [9.17, 15) is 14.0 Å². The largest absolute Gasteiger partial charge is 0.345 e. The van der Waals surface area contributed by atoms with E-state index < -0.39 is 0 Å². The van der Waals surface area contributed by atoms with Crippen LogP contribution in [0, 0.1) is 5.82 Å². The van der Waals surface area contributed by atoms with Crippen molar-refractivity contribution in [2.24, 2.45) is 0 Å². The van der Waals surface area contributed by atoms with Gasteiger partial charge >= 0.3 is 0 Å². The van der Waals surface area contributed by atoms with Crippen molar-refractivity contribution in [3.63, 3.8) is 0 Å². The number of thioether (sulfide) groups is 1. The molecule has 0 fully saturated rings. The molecule has 0 saturated carbocycles. The maximum absolute atomic E-state index is 13.1. The molecule has 178 valence electrons. The van der Waals surface area contributed by atoms with Gasteiger partial charge in [-0.3, -0.25) is 14.2 Å². The van der Waals surface area contributed by atoms with E-state index in [1.165, 1.54) is 36.0 Å². The molecule has 0 bridgehead atoms. The van der Waals surface area contributed by atoms with Gasteiger partial charge in [0, 0.05) is 15.8 Å². The van der Waals surface area contributed by atoms with Gasteiger partial charge in [-0.05, 0) is 54.6 Å². The SMILES string of the molecule is O=C(CSc1nnc(CNC(=O)c2cc(Br)ccc2Cl)n1-c1ccccc1)Nc1ccc(F)cc1. The fourth-order valence-corrected chi connectivity index (χ4v) is 4.47. The average Bonchev–Trinajstić information content (AvgIpc) is 3.27. The van der Waals surface area contributed by atoms with E-state index in [2.05, 4.69) is 36.8 Å². The van der Waals surface area contributed by atoms with Crippen molar-refractivity contribution in [2.75, 3.05) is 11.1 Å². The number of nitrogens with one attached hydrogen (secondary N) is 2. The number of rotatable bonds is 8. The number of aromatic nitrogens is 3. The van der Waals surface area contributed by atoms with Crippen LogP contribution >= 0.6 is 39.3 Å². The maximum Gasteiger partial charge on any atom is 0.253 e. The molecule has 3 aromatic carbocycles. The topological polar surface area (TPSA) is 88.9 Å². The second-order valence-electron chi connectivity index (χ2n) is 7.22. The molecule has 0 aliphatic carbocycles. The number of amides is 2. The molecule has 7 nitrogen and oxygen atoms in total. The molecule has 0 radical (unpaired) electrons. The Morgan fingerprint density at radius 3 is 2.51 bits per heavy atom. The number of hydrogen-bond acceptors (Lipinski definition) is 5. The molecule has 4 aromatic rings. The Morgan fingerprint density at radius 2 is 1.77 bits per heavy atom. The van der Waals surface area contributed by atoms with Crippen LogP contribution in [0.15, 0.2) is 82.4 Å². The van der Waals surface area contributed by atoms with Gasteiger partial charge in [0.2, 0.25) is 5.91 Å². The Hall–Kier alpha value is -3.21. The van der Waals surface area contributed by atoms with Crippen LogP contribution in [0.1, 0.15) is 16.2 Å². The van der Waals surface area contributed by atoms with Crippen LogP contribution in [0.2, 0.25) is 5.02 Å². The number of carbonyl (C=O) groups is 2. The van der Waals surface area contributed by atoms with Gasteiger partial charge in [0.1, 0.15) is 5.82 Å². The van der Waals surface area contributed by atoms with Gasteiger partial charge in [-0.1, -0.05) is 57.5 Å². The van der Waals surface area contributed by atoms with Gasteiger partial charge in [-0.25, -0.2) is 4.39 Å². The van der Waals surface area contributed by atoms with Crippen molar-refractivity contribution < 1.29 is 14.0 Å². The number of halogens is 3. The standard InChI is InChI=1S/C24H18BrClFN5O2S/c25-15-6-11-20(26)19(12-15)23(34)28-13-21-30-31-24(32(21)18-4-2-1-3-5-18)35-14-22(33)29-17-9-7-16(27)8-10-17/h1-12H,13-14H2,(H,28,34)(H,29,33). The molecule has 0 atom stereocenters. The van der Waals surface area contributed by atoms with Crippen LogP contribution in [-0.2, 0) is 11.3 Å². The highest BCUT2D eigenvalue weighted by Gasteiger charge is 2.18. The Labute approximate surface area is 218 Å². The zero-order chi connectivity index (χ0) is 24.8. The van der Waals surface area contributed by atoms with Crippen molar-refractivity contribution in [1.29, 1.82) is 0 Å². The number of anilines is 1. The van der Waals surface area contributed by atoms with Crippen LogP contribution in [-0.4, -0.2) is 32.3 Å². The highest BCUT2D eigenvalue weighted by atomic mass is 79.9. The number of nitrogens with zero attached hydrogens (tertiary/aromatic N) is 3. The molecule has 1 heterocycles. The first kappa shape index (κ1) is 24.9. The minimum Gasteiger partial charge on any atom is -0.345 e. The van der Waals surface area contributed by atoms with Gasteiger partial charge in [0.15, 0.2) is 11.0 Å². The van der Waals surface area contributed by atoms with Gasteiger partial charge in [0.25, 0.3) is 5.91 Å². The summed E-state index contributed by atoms with van der Waals surface area (Å²) in [6.07, 6.45) is 0. The predicted octanol–water partition coefficient (Wildman–Crippen LogP) is 5.48. The van der Waals surface area contributed by atoms with Crippen LogP contribution in [0.5, 0.6) is 0 Å². The fraction of sp³-hybridized carbons (Fsp3) is 0.0833. The molecule has 0 unspecified atom stereocenters. The summed E-state index contributed by atoms with van der Waals surface area (Å²) in [5.41, 5.74) is 1.61. The minimum atomic E-state index is -0.380. The van der Waals surface area contributed by atoms with E-state index in [0.717, 1.165) is 10.2 Å². The van der Waals surface area contributed by atoms with Crippen LogP contribution in [0.4, 0.5) is 10.1 Å². The van der Waals surface area contributed by atoms with E-state index >= 15 is 0 Å². The molecular weight excluding hydrogens is 557 g/mol. The molecule has 35 heavy (non-hydrogen) atoms. The summed E-state index contributed by atoms with van der Waals surface area (Å²) < 4.78 is 15.6. The van der Waals surface area contributed by atoms with Crippen molar-refractivity contribution in [3.05, 3.63) is 99.5 Å². The zero-order valence-corrected chi connectivity index (χ0v) is 21.2. The first-order valence-corrected chi connectivity index (χ1v) is 12.5. The van der Waals surface area contributed by atoms with Gasteiger partial charge in [-0.2, -0.15) is 0 Å². The Bertz CT molecular complexity index is 1350. The van der Waals surface area contributed by atoms with Gasteiger partial charge in [0.05, 0.1) is 22.9 Å². The number of para-hydroxylation sites is 1. The third-order valence-corrected chi connectivity index (χ3v) is 6.51. The van der Waals surface area contributed by atoms with E-state index in [1.807, 2.05) is 30.3 Å². The summed E-state index contributed by atoms with van der Waals surface area (Å²) in [5, 5.41) is 14.8. The third kappa shape index (κ3) is 6.47. The molecular formula is C24H18BrClFN5O2S. The molecule has 0 saturated heterocycles. The molecule has 0 spiro atoms. The summed E-state index contributed by atoms with van der Waals surface area (Å²) >= 11 is 10.7. The van der Waals surface area contributed by atoms with Crippen molar-refractivity contribution >= 4 is 56.8 Å². The Kier molecular flexibility index (Phi) is 8.17. The first-order chi connectivity index (χ1) is 16.9. The third-order valence-electron chi connectivity index (χ3n) is 4.76. The number of hydrogen-bond donors (Lipinski definition) is 2. The fourth-order valence-electron chi connectivity index (χ4n) is 3.13. The van der Waals surface area contributed by atoms with Crippen molar-refractivity contribution in [1.82, 2.24) is 20.1 Å². The zero-order valence-electron chi connectivity index (χ0n) is 18.0. The van der Waals surface area contributed by atoms with Crippen molar-refractivity contribution in [2.45, 2.75) is 11.7 Å². The highest BCUT2D eigenvalue weighted by molar-refractivity contribution is 9.10. The molecule has 0 aliphatic rings. The summed E-state index contributed by atoms with van der Waals surface area (Å²) in [6.45, 7) is 0.0892. The average molecular weight is 575 g/mol. The van der Waals surface area contributed by atoms with E-state index in [-0.39, 0.29) is 29.9 Å². The summed E-state index contributed by atoms with van der Waals surface area (Å²) in [6, 6.07) is 19.9. The highest BCUT2D eigenvalue weighted by Crippen LogP contribution is 2.24. The Balaban J connectivity index is 1.49. The van der Waals surface area contributed by atoms with E-state index in [1.54, 1.807) is 22.8 Å². The number of benzene rings is 3. The quantitative estimate of drug-likeness (QED) is 0.272. The van der Waals surface area contributed by atoms with Gasteiger partial charge in [-0.15, -0.1) is 10.2 Å². The smallest absolute Gasteiger partial charge is 0.253 e. The van der Waals surface area contributed by atoms with Crippen LogP contribution in [0.3, 0.4) is 0 Å². The van der Waals surface area contributed by atoms with E-state index in [0.29, 0.717) is 27.3 Å². The lowest BCUT2D eigenvalue weighted by Crippen LogP contribution is -2.25. The van der Waals surface area contributed by atoms with Crippen LogP contribution < -0.4 is 10.6 Å². The first-order valence-electron chi connectivity index (χ1n) is 10.3. The molecule has 1 aromatic heterocycles. The molecule has 2 amide bonds. The minimum absolute atomic E-state index is 0.0579. The van der Waals surface area contributed by atoms with E-state index in [4.69, 9.17) is 11.6 Å². The lowest BCUT2D eigenvalue weighted by Gasteiger charge is -2.11. The maximum atomic E-state index is 13.1. The van der Waals surface area contributed by atoms with Crippen molar-refractivity contribution in [3.8, 4) is 5.69 Å². The molecule has 4 rings (SSSR count). The summed E-state index contributed by atoms with van der Waals surface area (Å²) in [4.78, 5) is 25.1. The monoisotopic (exact) mass is 573 g/mol. The normalized spacial score (nSPS) is 10.7. The van der Waals surface area contributed by atoms with Gasteiger partial charge < -0.3 is 10.6 Å². The molecule has 2 N–H and O–H groups in total. The molecule has 0 aliphatic heterocycles. The second kappa shape index (κ2) is 11.5.